The van der Waals surface area contributed by atoms with E-state index in [4.69, 9.17) is 22.9 Å². The Balaban J connectivity index is 3.26. The van der Waals surface area contributed by atoms with Gasteiger partial charge in [0.05, 0.1) is 19.0 Å². The van der Waals surface area contributed by atoms with Crippen LogP contribution in [0.25, 0.3) is 0 Å². The van der Waals surface area contributed by atoms with Crippen LogP contribution in [0.2, 0.25) is 0 Å². The molecule has 0 bridgehead atoms. The maximum atomic E-state index is 13.8. The van der Waals surface area contributed by atoms with E-state index >= 15 is 0 Å². The number of carbonyl (C=O) groups is 9. The Morgan fingerprint density at radius 3 is 1.77 bits per heavy atom. The van der Waals surface area contributed by atoms with Gasteiger partial charge < -0.3 is 75.5 Å². The molecule has 1 aromatic carbocycles. The van der Waals surface area contributed by atoms with Crippen LogP contribution in [0.3, 0.4) is 0 Å². The lowest BCUT2D eigenvalue weighted by Gasteiger charge is -2.26. The fraction of sp³-hybridized carbons (Fsp3) is 0.619. The Morgan fingerprint density at radius 1 is 0.667 bits per heavy atom. The number of unbranched alkanes of at least 4 members (excludes halogenated alkanes) is 1. The highest BCUT2D eigenvalue weighted by molar-refractivity contribution is 5.98. The van der Waals surface area contributed by atoms with Crippen molar-refractivity contribution >= 4 is 59.2 Å². The lowest BCUT2D eigenvalue weighted by Crippen LogP contribution is -2.59. The Bertz CT molecular complexity index is 1830. The summed E-state index contributed by atoms with van der Waals surface area (Å²) in [4.78, 5) is 121. The van der Waals surface area contributed by atoms with Crippen LogP contribution in [0.15, 0.2) is 29.3 Å². The maximum absolute atomic E-state index is 13.8. The molecule has 0 aliphatic rings. The summed E-state index contributed by atoms with van der Waals surface area (Å²) in [7, 11) is 0. The standard InChI is InChI=1S/C42H70N12O12/c1-6-23(4)34(44)40(64)54-29(18-22(2)3)36(60)48-21-32(56)49-24(5)35(59)50-27(11-9-17-47-42(45)46)37(61)53-31(20-33(57)58)39(63)52-30(19-25-12-14-26(55)15-13-25)38(62)51-28(41(65)66)10-7-8-16-43/h12-15,22-24,27-31,34,55H,6-11,16-21,43-44H2,1-5H3,(H,48,60)(H,49,56)(H,50,59)(H,51,62)(H,52,63)(H,53,61)(H,54,64)(H,57,58)(H,65,66)(H4,45,46,47)/t23-,24+,27+,28+,29+,30+,31+,34+/m0/s1. The molecule has 0 unspecified atom stereocenters. The summed E-state index contributed by atoms with van der Waals surface area (Å²) in [5.74, 6) is -9.45. The minimum atomic E-state index is -1.85. The Hall–Kier alpha value is -6.56. The first-order valence-corrected chi connectivity index (χ1v) is 21.8. The fourth-order valence-corrected chi connectivity index (χ4v) is 6.23. The Kier molecular flexibility index (Phi) is 25.9. The lowest BCUT2D eigenvalue weighted by molar-refractivity contribution is -0.143. The number of amides is 7. The number of aliphatic imine (C=N–C) groups is 1. The number of carboxylic acids is 2. The monoisotopic (exact) mass is 935 g/mol. The molecule has 0 saturated carbocycles. The smallest absolute Gasteiger partial charge is 0.326 e. The predicted molar refractivity (Wildman–Crippen MR) is 242 cm³/mol. The Morgan fingerprint density at radius 2 is 1.21 bits per heavy atom. The molecule has 0 radical (unpaired) electrons. The number of nitrogens with one attached hydrogen (secondary N) is 7. The highest BCUT2D eigenvalue weighted by Gasteiger charge is 2.34. The molecule has 7 amide bonds. The zero-order valence-electron chi connectivity index (χ0n) is 38.3. The van der Waals surface area contributed by atoms with Crippen molar-refractivity contribution in [2.24, 2.45) is 39.8 Å². The number of nitrogens with zero attached hydrogens (tertiary/aromatic N) is 1. The molecule has 66 heavy (non-hydrogen) atoms. The second-order valence-corrected chi connectivity index (χ2v) is 16.4. The number of carbonyl (C=O) groups excluding carboxylic acids is 7. The number of benzene rings is 1. The number of aromatic hydroxyl groups is 1. The summed E-state index contributed by atoms with van der Waals surface area (Å²) in [5, 5.41) is 46.3. The molecule has 24 nitrogen and oxygen atoms in total. The van der Waals surface area contributed by atoms with Gasteiger partial charge in [-0.15, -0.1) is 0 Å². The predicted octanol–water partition coefficient (Wildman–Crippen LogP) is -2.86. The van der Waals surface area contributed by atoms with Gasteiger partial charge in [0.2, 0.25) is 41.4 Å². The second kappa shape index (κ2) is 29.8. The van der Waals surface area contributed by atoms with Gasteiger partial charge >= 0.3 is 11.9 Å². The van der Waals surface area contributed by atoms with Crippen molar-refractivity contribution < 1.29 is 58.5 Å². The first-order valence-electron chi connectivity index (χ1n) is 21.8. The van der Waals surface area contributed by atoms with E-state index in [-0.39, 0.29) is 68.7 Å². The highest BCUT2D eigenvalue weighted by atomic mass is 16.4. The minimum absolute atomic E-state index is 0.00749. The van der Waals surface area contributed by atoms with E-state index in [9.17, 15) is 58.5 Å². The molecular weight excluding hydrogens is 865 g/mol. The van der Waals surface area contributed by atoms with Crippen LogP contribution in [-0.4, -0.2) is 136 Å². The maximum Gasteiger partial charge on any atom is 0.326 e. The van der Waals surface area contributed by atoms with Crippen molar-refractivity contribution in [2.75, 3.05) is 19.6 Å². The van der Waals surface area contributed by atoms with Crippen LogP contribution in [0.1, 0.15) is 91.5 Å². The number of phenols is 1. The summed E-state index contributed by atoms with van der Waals surface area (Å²) in [6.07, 6.45) is 0.395. The minimum Gasteiger partial charge on any atom is -0.508 e. The van der Waals surface area contributed by atoms with Crippen molar-refractivity contribution in [3.63, 3.8) is 0 Å². The highest BCUT2D eigenvalue weighted by Crippen LogP contribution is 2.13. The molecule has 1 rings (SSSR count). The molecule has 0 fully saturated rings. The number of aliphatic carboxylic acids is 2. The van der Waals surface area contributed by atoms with Crippen LogP contribution >= 0.6 is 0 Å². The van der Waals surface area contributed by atoms with Gasteiger partial charge in [-0.2, -0.15) is 0 Å². The zero-order chi connectivity index (χ0) is 50.1. The van der Waals surface area contributed by atoms with Crippen molar-refractivity contribution in [3.8, 4) is 5.75 Å². The van der Waals surface area contributed by atoms with Crippen molar-refractivity contribution in [1.82, 2.24) is 37.2 Å². The molecule has 0 aliphatic carbocycles. The molecule has 0 saturated heterocycles. The summed E-state index contributed by atoms with van der Waals surface area (Å²) in [5.41, 5.74) is 22.8. The van der Waals surface area contributed by atoms with E-state index < -0.39 is 109 Å². The van der Waals surface area contributed by atoms with Gasteiger partial charge in [0, 0.05) is 13.0 Å². The fourth-order valence-electron chi connectivity index (χ4n) is 6.23. The van der Waals surface area contributed by atoms with Gasteiger partial charge in [-0.3, -0.25) is 43.3 Å². The average molecular weight is 935 g/mol. The van der Waals surface area contributed by atoms with E-state index in [0.29, 0.717) is 24.8 Å². The third kappa shape index (κ3) is 22.4. The Labute approximate surface area is 384 Å². The summed E-state index contributed by atoms with van der Waals surface area (Å²) < 4.78 is 0. The van der Waals surface area contributed by atoms with Crippen molar-refractivity contribution in [1.29, 1.82) is 0 Å². The molecule has 18 N–H and O–H groups in total. The van der Waals surface area contributed by atoms with Crippen LogP contribution < -0.4 is 60.2 Å². The number of hydrogen-bond donors (Lipinski definition) is 14. The van der Waals surface area contributed by atoms with Crippen LogP contribution in [-0.2, 0) is 49.6 Å². The normalized spacial score (nSPS) is 14.6. The number of hydrogen-bond acceptors (Lipinski definition) is 13. The van der Waals surface area contributed by atoms with Crippen molar-refractivity contribution in [2.45, 2.75) is 135 Å². The molecule has 24 heteroatoms. The van der Waals surface area contributed by atoms with E-state index in [0.717, 1.165) is 0 Å². The molecule has 1 aromatic rings. The molecule has 0 aromatic heterocycles. The molecule has 8 atom stereocenters. The number of nitrogens with two attached hydrogens (primary N) is 4. The first kappa shape index (κ1) is 57.5. The third-order valence-corrected chi connectivity index (χ3v) is 10.3. The van der Waals surface area contributed by atoms with E-state index in [1.807, 2.05) is 20.8 Å². The van der Waals surface area contributed by atoms with Crippen molar-refractivity contribution in [3.05, 3.63) is 29.8 Å². The van der Waals surface area contributed by atoms with Gasteiger partial charge in [0.1, 0.15) is 42.0 Å². The molecule has 0 aliphatic heterocycles. The largest absolute Gasteiger partial charge is 0.508 e. The molecule has 370 valence electrons. The number of carboxylic acid groups (broad SMARTS) is 2. The quantitative estimate of drug-likeness (QED) is 0.0202. The van der Waals surface area contributed by atoms with Gasteiger partial charge in [-0.1, -0.05) is 46.2 Å². The number of rotatable bonds is 31. The van der Waals surface area contributed by atoms with E-state index in [1.54, 1.807) is 6.92 Å². The van der Waals surface area contributed by atoms with Gasteiger partial charge in [0.25, 0.3) is 0 Å². The molecule has 0 heterocycles. The summed E-state index contributed by atoms with van der Waals surface area (Å²) in [6, 6.07) is -3.86. The lowest BCUT2D eigenvalue weighted by atomic mass is 9.97. The number of guanidine groups is 1. The van der Waals surface area contributed by atoms with Crippen LogP contribution in [0.4, 0.5) is 0 Å². The molecule has 0 spiro atoms. The van der Waals surface area contributed by atoms with Gasteiger partial charge in [0.15, 0.2) is 5.96 Å². The van der Waals surface area contributed by atoms with Gasteiger partial charge in [-0.25, -0.2) is 4.79 Å². The zero-order valence-corrected chi connectivity index (χ0v) is 38.3. The summed E-state index contributed by atoms with van der Waals surface area (Å²) in [6.45, 7) is 8.33. The molecular formula is C42H70N12O12. The SMILES string of the molecule is CC[C@H](C)[C@@H](N)C(=O)N[C@H](CC(C)C)C(=O)NCC(=O)N[C@H](C)C(=O)N[C@H](CCCN=C(N)N)C(=O)N[C@H](CC(=O)O)C(=O)N[C@H](Cc1ccc(O)cc1)C(=O)N[C@H](CCCCN)C(=O)O. The number of phenolic OH excluding ortho intramolecular Hbond substituents is 1. The second-order valence-electron chi connectivity index (χ2n) is 16.4. The van der Waals surface area contributed by atoms with E-state index in [2.05, 4.69) is 42.2 Å². The van der Waals surface area contributed by atoms with Gasteiger partial charge in [-0.05, 0) is 81.5 Å². The van der Waals surface area contributed by atoms with E-state index in [1.165, 1.54) is 31.2 Å². The van der Waals surface area contributed by atoms with Crippen LogP contribution in [0.5, 0.6) is 5.75 Å². The van der Waals surface area contributed by atoms with Crippen LogP contribution in [0, 0.1) is 11.8 Å². The summed E-state index contributed by atoms with van der Waals surface area (Å²) >= 11 is 0. The average Bonchev–Trinajstić information content (AvgIpc) is 3.24. The first-order chi connectivity index (χ1) is 31.0. The third-order valence-electron chi connectivity index (χ3n) is 10.3. The topological polar surface area (TPSA) is 415 Å².